The summed E-state index contributed by atoms with van der Waals surface area (Å²) in [4.78, 5) is 2.66. The molecule has 1 aromatic carbocycles. The van der Waals surface area contributed by atoms with E-state index in [4.69, 9.17) is 0 Å². The van der Waals surface area contributed by atoms with Gasteiger partial charge in [0, 0.05) is 36.3 Å². The lowest BCUT2D eigenvalue weighted by atomic mass is 9.99. The molecule has 0 spiro atoms. The Labute approximate surface area is 107 Å². The van der Waals surface area contributed by atoms with Crippen LogP contribution in [0.2, 0.25) is 0 Å². The van der Waals surface area contributed by atoms with E-state index in [0.717, 1.165) is 13.0 Å². The Kier molecular flexibility index (Phi) is 2.27. The predicted molar refractivity (Wildman–Crippen MR) is 70.0 cm³/mol. The normalized spacial score (nSPS) is 26.2. The second-order valence-electron chi connectivity index (χ2n) is 5.41. The Bertz CT molecular complexity index is 546. The van der Waals surface area contributed by atoms with Gasteiger partial charge in [-0.15, -0.1) is 0 Å². The zero-order valence-corrected chi connectivity index (χ0v) is 10.3. The average Bonchev–Trinajstić information content (AvgIpc) is 2.97. The maximum atomic E-state index is 4.21. The van der Waals surface area contributed by atoms with Crippen molar-refractivity contribution < 1.29 is 0 Å². The van der Waals surface area contributed by atoms with Crippen LogP contribution in [-0.4, -0.2) is 21.1 Å². The van der Waals surface area contributed by atoms with Crippen molar-refractivity contribution >= 4 is 0 Å². The van der Waals surface area contributed by atoms with Gasteiger partial charge < -0.3 is 0 Å². The Hall–Kier alpha value is -1.61. The Morgan fingerprint density at radius 3 is 3.00 bits per heavy atom. The van der Waals surface area contributed by atoms with E-state index in [1.54, 1.807) is 0 Å². The van der Waals surface area contributed by atoms with Crippen LogP contribution in [0.3, 0.4) is 0 Å². The standard InChI is InChI=1S/C15H17N3/c1-2-4-11(5-3-1)10-18-12-6-7-15(18)13-9-16-17-14(13)8-12/h1-5,9,12,15H,6-8,10H2,(H,16,17). The van der Waals surface area contributed by atoms with Crippen molar-refractivity contribution in [3.8, 4) is 0 Å². The molecule has 92 valence electrons. The number of nitrogens with one attached hydrogen (secondary N) is 1. The molecule has 0 amide bonds. The minimum Gasteiger partial charge on any atom is -0.289 e. The van der Waals surface area contributed by atoms with Crippen molar-refractivity contribution in [1.29, 1.82) is 0 Å². The molecule has 2 aromatic rings. The van der Waals surface area contributed by atoms with Crippen LogP contribution in [0, 0.1) is 0 Å². The van der Waals surface area contributed by atoms with Crippen LogP contribution in [0.4, 0.5) is 0 Å². The number of aromatic amines is 1. The molecule has 1 aromatic heterocycles. The molecule has 1 N–H and O–H groups in total. The predicted octanol–water partition coefficient (Wildman–Crippen LogP) is 2.67. The zero-order valence-electron chi connectivity index (χ0n) is 10.3. The van der Waals surface area contributed by atoms with Crippen LogP contribution in [0.15, 0.2) is 36.5 Å². The highest BCUT2D eigenvalue weighted by molar-refractivity contribution is 5.28. The molecule has 2 aliphatic heterocycles. The fourth-order valence-electron chi connectivity index (χ4n) is 3.53. The number of benzene rings is 1. The van der Waals surface area contributed by atoms with Crippen molar-refractivity contribution in [2.24, 2.45) is 0 Å². The van der Waals surface area contributed by atoms with Crippen molar-refractivity contribution in [2.45, 2.75) is 37.9 Å². The first-order valence-electron chi connectivity index (χ1n) is 6.73. The van der Waals surface area contributed by atoms with Crippen LogP contribution >= 0.6 is 0 Å². The van der Waals surface area contributed by atoms with E-state index >= 15 is 0 Å². The monoisotopic (exact) mass is 239 g/mol. The topological polar surface area (TPSA) is 31.9 Å². The number of fused-ring (bicyclic) bond motifs is 4. The van der Waals surface area contributed by atoms with E-state index < -0.39 is 0 Å². The summed E-state index contributed by atoms with van der Waals surface area (Å²) in [6, 6.07) is 12.1. The number of hydrogen-bond donors (Lipinski definition) is 1. The number of rotatable bonds is 2. The second-order valence-corrected chi connectivity index (χ2v) is 5.41. The van der Waals surface area contributed by atoms with Gasteiger partial charge in [-0.05, 0) is 18.4 Å². The summed E-state index contributed by atoms with van der Waals surface area (Å²) >= 11 is 0. The molecule has 4 rings (SSSR count). The van der Waals surface area contributed by atoms with E-state index in [2.05, 4.69) is 45.4 Å². The molecule has 1 fully saturated rings. The van der Waals surface area contributed by atoms with Gasteiger partial charge in [-0.2, -0.15) is 5.10 Å². The van der Waals surface area contributed by atoms with Crippen molar-refractivity contribution in [3.63, 3.8) is 0 Å². The first-order valence-corrected chi connectivity index (χ1v) is 6.73. The van der Waals surface area contributed by atoms with Gasteiger partial charge in [0.15, 0.2) is 0 Å². The maximum absolute atomic E-state index is 4.21. The van der Waals surface area contributed by atoms with Gasteiger partial charge in [0.2, 0.25) is 0 Å². The molecule has 1 saturated heterocycles. The summed E-state index contributed by atoms with van der Waals surface area (Å²) in [5, 5.41) is 7.38. The Morgan fingerprint density at radius 1 is 1.22 bits per heavy atom. The fourth-order valence-corrected chi connectivity index (χ4v) is 3.53. The van der Waals surface area contributed by atoms with Crippen molar-refractivity contribution in [3.05, 3.63) is 53.3 Å². The lowest BCUT2D eigenvalue weighted by Gasteiger charge is -2.34. The largest absolute Gasteiger partial charge is 0.289 e. The molecule has 2 aliphatic rings. The van der Waals surface area contributed by atoms with Gasteiger partial charge in [0.05, 0.1) is 6.20 Å². The van der Waals surface area contributed by atoms with E-state index in [-0.39, 0.29) is 0 Å². The Morgan fingerprint density at radius 2 is 2.11 bits per heavy atom. The highest BCUT2D eigenvalue weighted by Crippen LogP contribution is 2.43. The molecule has 0 saturated carbocycles. The number of aromatic nitrogens is 2. The molecule has 18 heavy (non-hydrogen) atoms. The average molecular weight is 239 g/mol. The van der Waals surface area contributed by atoms with Crippen LogP contribution in [0.5, 0.6) is 0 Å². The van der Waals surface area contributed by atoms with Crippen LogP contribution in [0.1, 0.15) is 35.7 Å². The third-order valence-corrected chi connectivity index (χ3v) is 4.40. The molecule has 2 bridgehead atoms. The summed E-state index contributed by atoms with van der Waals surface area (Å²) in [5.74, 6) is 0. The number of hydrogen-bond acceptors (Lipinski definition) is 2. The van der Waals surface area contributed by atoms with E-state index in [1.807, 2.05) is 6.20 Å². The third kappa shape index (κ3) is 1.51. The zero-order chi connectivity index (χ0) is 11.9. The summed E-state index contributed by atoms with van der Waals surface area (Å²) in [6.45, 7) is 1.07. The summed E-state index contributed by atoms with van der Waals surface area (Å²) in [7, 11) is 0. The highest BCUT2D eigenvalue weighted by Gasteiger charge is 2.40. The summed E-state index contributed by atoms with van der Waals surface area (Å²) < 4.78 is 0. The smallest absolute Gasteiger partial charge is 0.0538 e. The van der Waals surface area contributed by atoms with Gasteiger partial charge in [-0.25, -0.2) is 0 Å². The van der Waals surface area contributed by atoms with E-state index in [1.165, 1.54) is 29.7 Å². The lowest BCUT2D eigenvalue weighted by Crippen LogP contribution is -2.36. The molecule has 2 unspecified atom stereocenters. The molecule has 0 radical (unpaired) electrons. The SMILES string of the molecule is c1ccc(CN2C3CCC2c2cn[nH]c2C3)cc1. The van der Waals surface area contributed by atoms with Crippen LogP contribution in [-0.2, 0) is 13.0 Å². The minimum absolute atomic E-state index is 0.581. The Balaban J connectivity index is 1.64. The summed E-state index contributed by atoms with van der Waals surface area (Å²) in [5.41, 5.74) is 4.22. The molecule has 2 atom stereocenters. The maximum Gasteiger partial charge on any atom is 0.0538 e. The molecular weight excluding hydrogens is 222 g/mol. The van der Waals surface area contributed by atoms with Gasteiger partial charge in [-0.3, -0.25) is 10.00 Å². The number of H-pyrrole nitrogens is 1. The first kappa shape index (κ1) is 10.3. The quantitative estimate of drug-likeness (QED) is 0.873. The van der Waals surface area contributed by atoms with Gasteiger partial charge in [0.1, 0.15) is 0 Å². The summed E-state index contributed by atoms with van der Waals surface area (Å²) in [6.07, 6.45) is 5.77. The van der Waals surface area contributed by atoms with E-state index in [0.29, 0.717) is 12.1 Å². The third-order valence-electron chi connectivity index (χ3n) is 4.40. The van der Waals surface area contributed by atoms with Crippen LogP contribution < -0.4 is 0 Å². The van der Waals surface area contributed by atoms with Gasteiger partial charge in [-0.1, -0.05) is 30.3 Å². The van der Waals surface area contributed by atoms with Crippen LogP contribution in [0.25, 0.3) is 0 Å². The molecule has 3 heteroatoms. The molecule has 3 heterocycles. The van der Waals surface area contributed by atoms with Crippen molar-refractivity contribution in [2.75, 3.05) is 0 Å². The fraction of sp³-hybridized carbons (Fsp3) is 0.400. The van der Waals surface area contributed by atoms with Gasteiger partial charge >= 0.3 is 0 Å². The molecule has 0 aliphatic carbocycles. The lowest BCUT2D eigenvalue weighted by molar-refractivity contribution is 0.168. The first-order chi connectivity index (χ1) is 8.92. The van der Waals surface area contributed by atoms with E-state index in [9.17, 15) is 0 Å². The van der Waals surface area contributed by atoms with Crippen molar-refractivity contribution in [1.82, 2.24) is 15.1 Å². The highest BCUT2D eigenvalue weighted by atomic mass is 15.2. The van der Waals surface area contributed by atoms with Gasteiger partial charge in [0.25, 0.3) is 0 Å². The number of nitrogens with zero attached hydrogens (tertiary/aromatic N) is 2. The molecule has 3 nitrogen and oxygen atoms in total. The molecular formula is C15H17N3. The second kappa shape index (κ2) is 3.95. The minimum atomic E-state index is 0.581.